The van der Waals surface area contributed by atoms with Crippen LogP contribution in [0.4, 0.5) is 0 Å². The number of cyclic esters (lactones) is 1. The molecule has 1 aliphatic heterocycles. The van der Waals surface area contributed by atoms with Crippen LogP contribution >= 0.6 is 0 Å². The van der Waals surface area contributed by atoms with Gasteiger partial charge in [0.2, 0.25) is 0 Å². The maximum absolute atomic E-state index is 10.9. The van der Waals surface area contributed by atoms with Crippen LogP contribution in [0.15, 0.2) is 42.5 Å². The molecule has 1 heterocycles. The van der Waals surface area contributed by atoms with E-state index < -0.39 is 5.60 Å². The lowest BCUT2D eigenvalue weighted by Crippen LogP contribution is -2.20. The number of carbonyl (C=O) groups is 1. The monoisotopic (exact) mass is 216 g/mol. The Morgan fingerprint density at radius 1 is 1.31 bits per heavy atom. The van der Waals surface area contributed by atoms with E-state index in [2.05, 4.69) is 0 Å². The molecule has 1 atom stereocenters. The highest BCUT2D eigenvalue weighted by molar-refractivity contribution is 5.85. The highest BCUT2D eigenvalue weighted by Crippen LogP contribution is 2.22. The fourth-order valence-electron chi connectivity index (χ4n) is 1.45. The zero-order chi connectivity index (χ0) is 11.6. The third-order valence-electron chi connectivity index (χ3n) is 2.37. The van der Waals surface area contributed by atoms with Crippen molar-refractivity contribution in [1.29, 1.82) is 0 Å². The Morgan fingerprint density at radius 2 is 2.00 bits per heavy atom. The number of aromatic hydroxyl groups is 1. The second kappa shape index (κ2) is 3.85. The fourth-order valence-corrected chi connectivity index (χ4v) is 1.45. The van der Waals surface area contributed by atoms with Crippen molar-refractivity contribution >= 4 is 12.0 Å². The molecule has 0 bridgehead atoms. The van der Waals surface area contributed by atoms with Crippen molar-refractivity contribution in [3.63, 3.8) is 0 Å². The van der Waals surface area contributed by atoms with Crippen molar-refractivity contribution in [3.05, 3.63) is 48.1 Å². The molecular formula is C13H12O3. The minimum absolute atomic E-state index is 0.232. The number of hydrogen-bond donors (Lipinski definition) is 1. The van der Waals surface area contributed by atoms with E-state index >= 15 is 0 Å². The number of carbonyl (C=O) groups excluding carboxylic acids is 1. The summed E-state index contributed by atoms with van der Waals surface area (Å²) in [7, 11) is 0. The first-order chi connectivity index (χ1) is 7.57. The normalized spacial score (nSPS) is 23.9. The van der Waals surface area contributed by atoms with Crippen molar-refractivity contribution < 1.29 is 14.6 Å². The van der Waals surface area contributed by atoms with Crippen LogP contribution in [-0.4, -0.2) is 16.7 Å². The van der Waals surface area contributed by atoms with E-state index in [4.69, 9.17) is 9.84 Å². The molecule has 1 aliphatic rings. The molecule has 0 aliphatic carbocycles. The third kappa shape index (κ3) is 2.31. The van der Waals surface area contributed by atoms with Crippen LogP contribution < -0.4 is 0 Å². The molecule has 0 saturated carbocycles. The third-order valence-corrected chi connectivity index (χ3v) is 2.37. The van der Waals surface area contributed by atoms with Crippen LogP contribution in [0.25, 0.3) is 6.08 Å². The number of rotatable bonds is 2. The maximum Gasteiger partial charge on any atom is 0.331 e. The zero-order valence-corrected chi connectivity index (χ0v) is 8.88. The number of esters is 1. The van der Waals surface area contributed by atoms with Gasteiger partial charge in [-0.3, -0.25) is 0 Å². The number of ether oxygens (including phenoxy) is 1. The summed E-state index contributed by atoms with van der Waals surface area (Å²) in [4.78, 5) is 10.9. The summed E-state index contributed by atoms with van der Waals surface area (Å²) in [6.07, 6.45) is 6.79. The Bertz CT molecular complexity index is 457. The summed E-state index contributed by atoms with van der Waals surface area (Å²) in [6.45, 7) is 1.81. The van der Waals surface area contributed by atoms with Gasteiger partial charge in [0, 0.05) is 6.08 Å². The first-order valence-corrected chi connectivity index (χ1v) is 4.98. The van der Waals surface area contributed by atoms with Gasteiger partial charge in [-0.25, -0.2) is 4.79 Å². The van der Waals surface area contributed by atoms with Gasteiger partial charge >= 0.3 is 5.97 Å². The van der Waals surface area contributed by atoms with Crippen LogP contribution in [-0.2, 0) is 9.53 Å². The Kier molecular flexibility index (Phi) is 2.52. The average Bonchev–Trinajstić information content (AvgIpc) is 2.59. The van der Waals surface area contributed by atoms with Gasteiger partial charge in [-0.15, -0.1) is 0 Å². The van der Waals surface area contributed by atoms with Crippen LogP contribution in [0.3, 0.4) is 0 Å². The van der Waals surface area contributed by atoms with Gasteiger partial charge in [-0.2, -0.15) is 0 Å². The molecule has 0 radical (unpaired) electrons. The molecule has 82 valence electrons. The van der Waals surface area contributed by atoms with Crippen molar-refractivity contribution in [2.45, 2.75) is 12.5 Å². The molecule has 1 aromatic carbocycles. The summed E-state index contributed by atoms with van der Waals surface area (Å²) in [6, 6.07) is 6.79. The minimum Gasteiger partial charge on any atom is -0.508 e. The van der Waals surface area contributed by atoms with Gasteiger partial charge in [0.25, 0.3) is 0 Å². The number of hydrogen-bond acceptors (Lipinski definition) is 3. The van der Waals surface area contributed by atoms with Crippen LogP contribution in [0.1, 0.15) is 12.5 Å². The lowest BCUT2D eigenvalue weighted by atomic mass is 10.1. The highest BCUT2D eigenvalue weighted by atomic mass is 16.6. The smallest absolute Gasteiger partial charge is 0.331 e. The van der Waals surface area contributed by atoms with Crippen LogP contribution in [0, 0.1) is 0 Å². The van der Waals surface area contributed by atoms with Crippen LogP contribution in [0.5, 0.6) is 5.75 Å². The largest absolute Gasteiger partial charge is 0.508 e. The van der Waals surface area contributed by atoms with Crippen molar-refractivity contribution in [2.75, 3.05) is 0 Å². The predicted octanol–water partition coefficient (Wildman–Crippen LogP) is 2.28. The molecule has 2 rings (SSSR count). The van der Waals surface area contributed by atoms with Gasteiger partial charge < -0.3 is 9.84 Å². The SMILES string of the molecule is CC1(/C=C/c2ccc(O)cc2)C=CC(=O)O1. The highest BCUT2D eigenvalue weighted by Gasteiger charge is 2.26. The van der Waals surface area contributed by atoms with Crippen molar-refractivity contribution in [3.8, 4) is 5.75 Å². The van der Waals surface area contributed by atoms with Crippen LogP contribution in [0.2, 0.25) is 0 Å². The van der Waals surface area contributed by atoms with Crippen molar-refractivity contribution in [2.24, 2.45) is 0 Å². The molecule has 0 saturated heterocycles. The van der Waals surface area contributed by atoms with Crippen molar-refractivity contribution in [1.82, 2.24) is 0 Å². The summed E-state index contributed by atoms with van der Waals surface area (Å²) in [5.74, 6) is -0.0894. The van der Waals surface area contributed by atoms with Gasteiger partial charge in [0.15, 0.2) is 0 Å². The van der Waals surface area contributed by atoms with E-state index in [0.717, 1.165) is 5.56 Å². The van der Waals surface area contributed by atoms with E-state index in [9.17, 15) is 4.79 Å². The minimum atomic E-state index is -0.658. The molecule has 0 spiro atoms. The topological polar surface area (TPSA) is 46.5 Å². The van der Waals surface area contributed by atoms with Gasteiger partial charge in [-0.1, -0.05) is 18.2 Å². The Labute approximate surface area is 93.7 Å². The Morgan fingerprint density at radius 3 is 2.56 bits per heavy atom. The molecule has 0 fully saturated rings. The first-order valence-electron chi connectivity index (χ1n) is 4.98. The number of phenolic OH excluding ortho intramolecular Hbond substituents is 1. The molecule has 16 heavy (non-hydrogen) atoms. The quantitative estimate of drug-likeness (QED) is 0.771. The summed E-state index contributed by atoms with van der Waals surface area (Å²) >= 11 is 0. The first kappa shape index (κ1) is 10.5. The second-order valence-electron chi connectivity index (χ2n) is 3.86. The molecule has 0 aromatic heterocycles. The molecule has 0 amide bonds. The summed E-state index contributed by atoms with van der Waals surface area (Å²) in [5.41, 5.74) is 0.282. The summed E-state index contributed by atoms with van der Waals surface area (Å²) in [5, 5.41) is 9.12. The standard InChI is InChI=1S/C13H12O3/c1-13(9-7-12(15)16-13)8-6-10-2-4-11(14)5-3-10/h2-9,14H,1H3/b8-6+. The van der Waals surface area contributed by atoms with E-state index in [1.165, 1.54) is 6.08 Å². The number of benzene rings is 1. The molecule has 3 nitrogen and oxygen atoms in total. The Balaban J connectivity index is 2.13. The van der Waals surface area contributed by atoms with E-state index in [1.807, 2.05) is 13.0 Å². The molecule has 1 aromatic rings. The van der Waals surface area contributed by atoms with Gasteiger partial charge in [-0.05, 0) is 36.8 Å². The summed E-state index contributed by atoms with van der Waals surface area (Å²) < 4.78 is 5.11. The number of phenols is 1. The molecular weight excluding hydrogens is 204 g/mol. The second-order valence-corrected chi connectivity index (χ2v) is 3.86. The lowest BCUT2D eigenvalue weighted by molar-refractivity contribution is -0.141. The molecule has 1 N–H and O–H groups in total. The van der Waals surface area contributed by atoms with E-state index in [-0.39, 0.29) is 11.7 Å². The van der Waals surface area contributed by atoms with Gasteiger partial charge in [0.1, 0.15) is 11.4 Å². The van der Waals surface area contributed by atoms with E-state index in [0.29, 0.717) is 0 Å². The van der Waals surface area contributed by atoms with Gasteiger partial charge in [0.05, 0.1) is 0 Å². The zero-order valence-electron chi connectivity index (χ0n) is 8.88. The lowest BCUT2D eigenvalue weighted by Gasteiger charge is -2.16. The molecule has 1 unspecified atom stereocenters. The Hall–Kier alpha value is -2.03. The van der Waals surface area contributed by atoms with E-state index in [1.54, 1.807) is 36.4 Å². The predicted molar refractivity (Wildman–Crippen MR) is 60.8 cm³/mol. The fraction of sp³-hybridized carbons (Fsp3) is 0.154. The maximum atomic E-state index is 10.9. The average molecular weight is 216 g/mol. The molecule has 3 heteroatoms.